The average Bonchev–Trinajstić information content (AvgIpc) is 3.55. The highest BCUT2D eigenvalue weighted by molar-refractivity contribution is 8.05. The number of alkyl halides is 6. The summed E-state index contributed by atoms with van der Waals surface area (Å²) in [6, 6.07) is 29.9. The standard InChI is InChI=1S/C24H24BNO2.C2HF6NO4S2/c1-27-22-16-9-8-15-21(22)25-26-18-10-17-23(26)24(28-25,19-11-4-2-5-12-19)20-13-6-3-7-14-20;3-1(4,5)14(10,11)9-15(12,13)2(6,7)8/h2-9,11-16,23H,10,17-18H2,1H3;9H/t23-;/m0./s1. The van der Waals surface area contributed by atoms with Crippen molar-refractivity contribution in [1.29, 1.82) is 0 Å². The average molecular weight is 650 g/mol. The molecule has 1 N–H and O–H groups in total. The summed E-state index contributed by atoms with van der Waals surface area (Å²) in [6.07, 6.45) is 2.30. The van der Waals surface area contributed by atoms with E-state index in [2.05, 4.69) is 77.6 Å². The normalized spacial score (nSPS) is 19.0. The summed E-state index contributed by atoms with van der Waals surface area (Å²) in [6.45, 7) is 1.04. The third-order valence-electron chi connectivity index (χ3n) is 7.00. The Morgan fingerprint density at radius 2 is 1.28 bits per heavy atom. The Hall–Kier alpha value is -3.12. The number of fused-ring (bicyclic) bond motifs is 1. The van der Waals surface area contributed by atoms with Crippen LogP contribution in [0.5, 0.6) is 5.75 Å². The zero-order valence-corrected chi connectivity index (χ0v) is 24.0. The number of benzene rings is 3. The van der Waals surface area contributed by atoms with Gasteiger partial charge in [-0.2, -0.15) is 26.3 Å². The molecular formula is C26H25BF6N2O6S2. The van der Waals surface area contributed by atoms with Gasteiger partial charge in [0, 0.05) is 11.5 Å². The lowest BCUT2D eigenvalue weighted by Crippen LogP contribution is -2.46. The van der Waals surface area contributed by atoms with Gasteiger partial charge in [0.1, 0.15) is 11.4 Å². The van der Waals surface area contributed by atoms with Crippen molar-refractivity contribution in [2.24, 2.45) is 0 Å². The molecule has 0 spiro atoms. The molecule has 232 valence electrons. The fourth-order valence-electron chi connectivity index (χ4n) is 5.24. The smallest absolute Gasteiger partial charge is 0.497 e. The Bertz CT molecular complexity index is 1540. The number of ether oxygens (including phenoxy) is 1. The van der Waals surface area contributed by atoms with Crippen LogP contribution in [0.2, 0.25) is 0 Å². The van der Waals surface area contributed by atoms with E-state index in [1.54, 1.807) is 7.11 Å². The Balaban J connectivity index is 0.000000242. The molecule has 17 heteroatoms. The first-order valence-corrected chi connectivity index (χ1v) is 15.6. The van der Waals surface area contributed by atoms with Gasteiger partial charge in [0.2, 0.25) is 0 Å². The van der Waals surface area contributed by atoms with Crippen molar-refractivity contribution in [2.75, 3.05) is 13.7 Å². The van der Waals surface area contributed by atoms with Crippen LogP contribution in [0.4, 0.5) is 26.3 Å². The maximum atomic E-state index is 11.5. The zero-order chi connectivity index (χ0) is 31.7. The Kier molecular flexibility index (Phi) is 9.24. The topological polar surface area (TPSA) is 102 Å². The molecule has 0 amide bonds. The van der Waals surface area contributed by atoms with Crippen LogP contribution in [0, 0.1) is 0 Å². The molecule has 43 heavy (non-hydrogen) atoms. The predicted molar refractivity (Wildman–Crippen MR) is 146 cm³/mol. The minimum Gasteiger partial charge on any atom is -0.497 e. The Morgan fingerprint density at radius 1 is 0.814 bits per heavy atom. The van der Waals surface area contributed by atoms with Gasteiger partial charge in [0.25, 0.3) is 0 Å². The number of para-hydroxylation sites is 1. The third kappa shape index (κ3) is 6.40. The molecule has 0 radical (unpaired) electrons. The molecule has 2 aliphatic heterocycles. The molecule has 2 aliphatic rings. The molecule has 0 bridgehead atoms. The SMILES string of the molecule is COc1ccccc1B1OC(c2ccccc2)(c2ccccc2)[C@@H]2CCCN12.O=S(=O)(NS(=O)(=O)C(F)(F)F)C(F)(F)F. The van der Waals surface area contributed by atoms with E-state index in [4.69, 9.17) is 9.39 Å². The number of sulfonamides is 2. The van der Waals surface area contributed by atoms with Gasteiger partial charge in [0.05, 0.1) is 7.11 Å². The highest BCUT2D eigenvalue weighted by atomic mass is 32.3. The molecular weight excluding hydrogens is 625 g/mol. The van der Waals surface area contributed by atoms with Crippen LogP contribution in [0.25, 0.3) is 0 Å². The summed E-state index contributed by atoms with van der Waals surface area (Å²) in [7, 11) is -11.6. The summed E-state index contributed by atoms with van der Waals surface area (Å²) in [4.78, 5) is 2.53. The second-order valence-corrected chi connectivity index (χ2v) is 13.2. The minimum atomic E-state index is -6.60. The number of nitrogens with one attached hydrogen (secondary N) is 1. The van der Waals surface area contributed by atoms with Crippen molar-refractivity contribution >= 4 is 32.6 Å². The van der Waals surface area contributed by atoms with Crippen molar-refractivity contribution in [3.8, 4) is 5.75 Å². The highest BCUT2D eigenvalue weighted by Crippen LogP contribution is 2.49. The number of halogens is 6. The maximum Gasteiger partial charge on any atom is 0.512 e. The molecule has 3 aromatic rings. The van der Waals surface area contributed by atoms with Gasteiger partial charge in [-0.15, -0.1) is 0 Å². The first-order chi connectivity index (χ1) is 20.0. The Morgan fingerprint density at radius 3 is 1.74 bits per heavy atom. The zero-order valence-electron chi connectivity index (χ0n) is 22.3. The third-order valence-corrected chi connectivity index (χ3v) is 9.98. The van der Waals surface area contributed by atoms with Crippen molar-refractivity contribution in [3.63, 3.8) is 0 Å². The van der Waals surface area contributed by atoms with Crippen molar-refractivity contribution in [3.05, 3.63) is 96.1 Å². The van der Waals surface area contributed by atoms with E-state index in [-0.39, 0.29) is 7.05 Å². The van der Waals surface area contributed by atoms with E-state index in [0.29, 0.717) is 6.04 Å². The van der Waals surface area contributed by atoms with Gasteiger partial charge in [-0.25, -0.2) is 16.8 Å². The van der Waals surface area contributed by atoms with Crippen molar-refractivity contribution in [2.45, 2.75) is 35.5 Å². The van der Waals surface area contributed by atoms with Crippen LogP contribution in [-0.4, -0.2) is 59.4 Å². The summed E-state index contributed by atoms with van der Waals surface area (Å²) in [5.74, 6) is 0.884. The highest BCUT2D eigenvalue weighted by Gasteiger charge is 2.59. The minimum absolute atomic E-state index is 0.121. The molecule has 2 heterocycles. The van der Waals surface area contributed by atoms with Gasteiger partial charge in [-0.05, 0) is 36.6 Å². The predicted octanol–water partition coefficient (Wildman–Crippen LogP) is 4.10. The van der Waals surface area contributed by atoms with E-state index in [1.807, 2.05) is 12.1 Å². The lowest BCUT2D eigenvalue weighted by Gasteiger charge is -2.36. The lowest BCUT2D eigenvalue weighted by molar-refractivity contribution is -0.0476. The number of nitrogens with zero attached hydrogens (tertiary/aromatic N) is 1. The van der Waals surface area contributed by atoms with Crippen LogP contribution >= 0.6 is 0 Å². The van der Waals surface area contributed by atoms with Crippen LogP contribution in [0.3, 0.4) is 0 Å². The number of hydrogen-bond donors (Lipinski definition) is 1. The molecule has 0 aromatic heterocycles. The molecule has 0 saturated carbocycles. The summed E-state index contributed by atoms with van der Waals surface area (Å²) in [5.41, 5.74) is -9.24. The first-order valence-electron chi connectivity index (χ1n) is 12.6. The van der Waals surface area contributed by atoms with E-state index >= 15 is 0 Å². The largest absolute Gasteiger partial charge is 0.512 e. The maximum absolute atomic E-state index is 11.5. The number of rotatable bonds is 6. The van der Waals surface area contributed by atoms with Crippen LogP contribution in [0.15, 0.2) is 84.9 Å². The summed E-state index contributed by atoms with van der Waals surface area (Å²) >= 11 is 0. The number of methoxy groups -OCH3 is 1. The molecule has 5 rings (SSSR count). The van der Waals surface area contributed by atoms with Gasteiger partial charge in [0.15, 0.2) is 0 Å². The van der Waals surface area contributed by atoms with Crippen molar-refractivity contribution in [1.82, 2.24) is 8.94 Å². The fourth-order valence-corrected chi connectivity index (χ4v) is 7.15. The fraction of sp³-hybridized carbons (Fsp3) is 0.308. The van der Waals surface area contributed by atoms with Crippen molar-refractivity contribution < 1.29 is 52.6 Å². The number of hydrogen-bond acceptors (Lipinski definition) is 7. The lowest BCUT2D eigenvalue weighted by atomic mass is 9.71. The van der Waals surface area contributed by atoms with E-state index < -0.39 is 40.8 Å². The van der Waals surface area contributed by atoms with E-state index in [9.17, 15) is 43.2 Å². The van der Waals surface area contributed by atoms with Crippen LogP contribution < -0.4 is 14.3 Å². The molecule has 2 fully saturated rings. The first kappa shape index (κ1) is 32.8. The van der Waals surface area contributed by atoms with Gasteiger partial charge >= 0.3 is 38.1 Å². The molecule has 0 aliphatic carbocycles. The molecule has 0 unspecified atom stereocenters. The molecule has 2 saturated heterocycles. The van der Waals surface area contributed by atoms with Gasteiger partial charge < -0.3 is 14.2 Å². The van der Waals surface area contributed by atoms with Gasteiger partial charge in [-0.3, -0.25) is 0 Å². The van der Waals surface area contributed by atoms with Gasteiger partial charge in [-0.1, -0.05) is 83.0 Å². The molecule has 1 atom stereocenters. The monoisotopic (exact) mass is 650 g/mol. The Labute approximate surface area is 244 Å². The second-order valence-electron chi connectivity index (χ2n) is 9.56. The van der Waals surface area contributed by atoms with E-state index in [0.717, 1.165) is 24.2 Å². The molecule has 3 aromatic carbocycles. The summed E-state index contributed by atoms with van der Waals surface area (Å²) < 4.78 is 121. The van der Waals surface area contributed by atoms with Crippen LogP contribution in [0.1, 0.15) is 24.0 Å². The summed E-state index contributed by atoms with van der Waals surface area (Å²) in [5, 5.41) is 0. The van der Waals surface area contributed by atoms with E-state index in [1.165, 1.54) is 17.5 Å². The van der Waals surface area contributed by atoms with Crippen LogP contribution in [-0.2, 0) is 30.3 Å². The quantitative estimate of drug-likeness (QED) is 0.317. The molecule has 8 nitrogen and oxygen atoms in total. The second kappa shape index (κ2) is 12.1.